The fraction of sp³-hybridized carbons (Fsp3) is 0.833. The number of amides is 1. The molecule has 100 valence electrons. The number of thiocarbonyl (C=S) groups is 1. The number of carbonyl (C=O) groups is 1. The van der Waals surface area contributed by atoms with Crippen molar-refractivity contribution in [2.45, 2.75) is 33.7 Å². The molecule has 0 rings (SSSR count). The first kappa shape index (κ1) is 16.3. The van der Waals surface area contributed by atoms with Gasteiger partial charge < -0.3 is 11.1 Å². The SMILES string of the molecule is CC(C)CNC(=O)C(C)N(C)CC(C)C(N)=S. The van der Waals surface area contributed by atoms with Gasteiger partial charge in [-0.15, -0.1) is 0 Å². The van der Waals surface area contributed by atoms with E-state index in [0.717, 1.165) is 0 Å². The minimum Gasteiger partial charge on any atom is -0.393 e. The first-order valence-corrected chi connectivity index (χ1v) is 6.43. The molecule has 0 aromatic carbocycles. The van der Waals surface area contributed by atoms with Crippen molar-refractivity contribution in [2.24, 2.45) is 17.6 Å². The van der Waals surface area contributed by atoms with E-state index in [9.17, 15) is 4.79 Å². The van der Waals surface area contributed by atoms with Crippen LogP contribution in [-0.4, -0.2) is 42.0 Å². The molecule has 0 spiro atoms. The van der Waals surface area contributed by atoms with Gasteiger partial charge in [-0.05, 0) is 19.9 Å². The third-order valence-corrected chi connectivity index (χ3v) is 3.18. The van der Waals surface area contributed by atoms with Gasteiger partial charge in [-0.2, -0.15) is 0 Å². The van der Waals surface area contributed by atoms with Crippen LogP contribution in [0.15, 0.2) is 0 Å². The molecule has 0 aliphatic rings. The molecule has 0 aromatic heterocycles. The van der Waals surface area contributed by atoms with E-state index in [1.54, 1.807) is 0 Å². The fourth-order valence-electron chi connectivity index (χ4n) is 1.33. The first-order valence-electron chi connectivity index (χ1n) is 6.03. The molecule has 2 unspecified atom stereocenters. The van der Waals surface area contributed by atoms with E-state index in [0.29, 0.717) is 24.0 Å². The molecule has 0 aliphatic heterocycles. The molecular weight excluding hydrogens is 234 g/mol. The standard InChI is InChI=1S/C12H25N3OS/c1-8(2)6-14-12(16)10(4)15(5)7-9(3)11(13)17/h8-10H,6-7H2,1-5H3,(H2,13,17)(H,14,16). The molecule has 0 radical (unpaired) electrons. The van der Waals surface area contributed by atoms with Crippen LogP contribution in [0.1, 0.15) is 27.7 Å². The summed E-state index contributed by atoms with van der Waals surface area (Å²) in [5.41, 5.74) is 5.56. The predicted octanol–water partition coefficient (Wildman–Crippen LogP) is 1.00. The molecule has 5 heteroatoms. The van der Waals surface area contributed by atoms with Crippen molar-refractivity contribution in [3.8, 4) is 0 Å². The lowest BCUT2D eigenvalue weighted by Gasteiger charge is -2.26. The number of likely N-dealkylation sites (N-methyl/N-ethyl adjacent to an activating group) is 1. The van der Waals surface area contributed by atoms with E-state index in [-0.39, 0.29) is 17.9 Å². The Bertz CT molecular complexity index is 268. The Balaban J connectivity index is 4.15. The van der Waals surface area contributed by atoms with Crippen LogP contribution in [0.5, 0.6) is 0 Å². The van der Waals surface area contributed by atoms with Crippen LogP contribution in [0.4, 0.5) is 0 Å². The maximum Gasteiger partial charge on any atom is 0.237 e. The zero-order valence-corrected chi connectivity index (χ0v) is 12.3. The quantitative estimate of drug-likeness (QED) is 0.670. The van der Waals surface area contributed by atoms with Crippen molar-refractivity contribution in [2.75, 3.05) is 20.1 Å². The Morgan fingerprint density at radius 2 is 1.88 bits per heavy atom. The van der Waals surface area contributed by atoms with Crippen molar-refractivity contribution >= 4 is 23.1 Å². The molecule has 1 amide bonds. The van der Waals surface area contributed by atoms with Crippen LogP contribution in [0, 0.1) is 11.8 Å². The van der Waals surface area contributed by atoms with Gasteiger partial charge in [-0.25, -0.2) is 0 Å². The van der Waals surface area contributed by atoms with E-state index in [1.807, 2.05) is 25.8 Å². The molecule has 0 saturated carbocycles. The summed E-state index contributed by atoms with van der Waals surface area (Å²) in [5.74, 6) is 0.638. The molecule has 2 atom stereocenters. The zero-order valence-electron chi connectivity index (χ0n) is 11.5. The molecule has 17 heavy (non-hydrogen) atoms. The highest BCUT2D eigenvalue weighted by Crippen LogP contribution is 2.03. The number of rotatable bonds is 7. The van der Waals surface area contributed by atoms with Crippen LogP contribution >= 0.6 is 12.2 Å². The van der Waals surface area contributed by atoms with E-state index >= 15 is 0 Å². The first-order chi connectivity index (χ1) is 7.75. The maximum absolute atomic E-state index is 11.8. The zero-order chi connectivity index (χ0) is 13.6. The second kappa shape index (κ2) is 7.61. The van der Waals surface area contributed by atoms with Crippen LogP contribution < -0.4 is 11.1 Å². The Morgan fingerprint density at radius 1 is 1.35 bits per heavy atom. The average molecular weight is 259 g/mol. The number of nitrogens with zero attached hydrogens (tertiary/aromatic N) is 1. The van der Waals surface area contributed by atoms with Gasteiger partial charge >= 0.3 is 0 Å². The molecule has 0 fully saturated rings. The summed E-state index contributed by atoms with van der Waals surface area (Å²) in [6.07, 6.45) is 0. The molecule has 0 aliphatic carbocycles. The van der Waals surface area contributed by atoms with Crippen molar-refractivity contribution in [3.63, 3.8) is 0 Å². The highest BCUT2D eigenvalue weighted by atomic mass is 32.1. The summed E-state index contributed by atoms with van der Waals surface area (Å²) in [4.78, 5) is 14.3. The van der Waals surface area contributed by atoms with Gasteiger partial charge in [0.05, 0.1) is 11.0 Å². The van der Waals surface area contributed by atoms with E-state index < -0.39 is 0 Å². The predicted molar refractivity (Wildman–Crippen MR) is 75.9 cm³/mol. The lowest BCUT2D eigenvalue weighted by Crippen LogP contribution is -2.46. The number of nitrogens with two attached hydrogens (primary N) is 1. The molecule has 0 bridgehead atoms. The molecule has 0 aromatic rings. The van der Waals surface area contributed by atoms with Crippen molar-refractivity contribution < 1.29 is 4.79 Å². The topological polar surface area (TPSA) is 58.4 Å². The normalized spacial score (nSPS) is 14.8. The number of carbonyl (C=O) groups excluding carboxylic acids is 1. The fourth-order valence-corrected chi connectivity index (χ4v) is 1.41. The number of nitrogens with one attached hydrogen (secondary N) is 1. The third-order valence-electron chi connectivity index (χ3n) is 2.77. The smallest absolute Gasteiger partial charge is 0.237 e. The molecule has 0 saturated heterocycles. The van der Waals surface area contributed by atoms with E-state index in [2.05, 4.69) is 19.2 Å². The Labute approximate surface area is 110 Å². The minimum atomic E-state index is -0.162. The van der Waals surface area contributed by atoms with Crippen LogP contribution in [0.25, 0.3) is 0 Å². The highest BCUT2D eigenvalue weighted by molar-refractivity contribution is 7.80. The molecule has 4 nitrogen and oxygen atoms in total. The van der Waals surface area contributed by atoms with Crippen LogP contribution in [0.2, 0.25) is 0 Å². The lowest BCUT2D eigenvalue weighted by atomic mass is 10.1. The van der Waals surface area contributed by atoms with Crippen LogP contribution in [-0.2, 0) is 4.79 Å². The van der Waals surface area contributed by atoms with Gasteiger partial charge in [0.15, 0.2) is 0 Å². The van der Waals surface area contributed by atoms with Gasteiger partial charge in [-0.3, -0.25) is 9.69 Å². The molecule has 3 N–H and O–H groups in total. The summed E-state index contributed by atoms with van der Waals surface area (Å²) in [6.45, 7) is 9.42. The van der Waals surface area contributed by atoms with E-state index in [1.165, 1.54) is 0 Å². The largest absolute Gasteiger partial charge is 0.393 e. The minimum absolute atomic E-state index is 0.0522. The van der Waals surface area contributed by atoms with Crippen molar-refractivity contribution in [1.82, 2.24) is 10.2 Å². The summed E-state index contributed by atoms with van der Waals surface area (Å²) < 4.78 is 0. The molecular formula is C12H25N3OS. The van der Waals surface area contributed by atoms with Gasteiger partial charge in [0.25, 0.3) is 0 Å². The van der Waals surface area contributed by atoms with Crippen LogP contribution in [0.3, 0.4) is 0 Å². The highest BCUT2D eigenvalue weighted by Gasteiger charge is 2.20. The van der Waals surface area contributed by atoms with Gasteiger partial charge in [0.2, 0.25) is 5.91 Å². The Kier molecular flexibility index (Phi) is 7.30. The summed E-state index contributed by atoms with van der Waals surface area (Å²) in [7, 11) is 1.91. The van der Waals surface area contributed by atoms with Crippen molar-refractivity contribution in [3.05, 3.63) is 0 Å². The Morgan fingerprint density at radius 3 is 2.29 bits per heavy atom. The summed E-state index contributed by atoms with van der Waals surface area (Å²) >= 11 is 4.92. The van der Waals surface area contributed by atoms with Gasteiger partial charge in [0, 0.05) is 19.0 Å². The lowest BCUT2D eigenvalue weighted by molar-refractivity contribution is -0.125. The monoisotopic (exact) mass is 259 g/mol. The number of hydrogen-bond acceptors (Lipinski definition) is 3. The maximum atomic E-state index is 11.8. The van der Waals surface area contributed by atoms with Gasteiger partial charge in [-0.1, -0.05) is 33.0 Å². The second-order valence-electron chi connectivity index (χ2n) is 5.06. The summed E-state index contributed by atoms with van der Waals surface area (Å²) in [5, 5.41) is 2.92. The number of hydrogen-bond donors (Lipinski definition) is 2. The average Bonchev–Trinajstić information content (AvgIpc) is 2.24. The van der Waals surface area contributed by atoms with Crippen molar-refractivity contribution in [1.29, 1.82) is 0 Å². The second-order valence-corrected chi connectivity index (χ2v) is 5.53. The summed E-state index contributed by atoms with van der Waals surface area (Å²) in [6, 6.07) is -0.162. The van der Waals surface area contributed by atoms with E-state index in [4.69, 9.17) is 18.0 Å². The molecule has 0 heterocycles. The van der Waals surface area contributed by atoms with Gasteiger partial charge in [0.1, 0.15) is 0 Å². The Hall–Kier alpha value is -0.680. The third kappa shape index (κ3) is 6.58.